The second-order valence-corrected chi connectivity index (χ2v) is 20.0. The molecule has 1 aliphatic rings. The summed E-state index contributed by atoms with van der Waals surface area (Å²) in [5.74, 6) is 0.829. The maximum Gasteiger partial charge on any atom is 0.180 e. The smallest absolute Gasteiger partial charge is 0.180 e. The summed E-state index contributed by atoms with van der Waals surface area (Å²) >= 11 is 0. The van der Waals surface area contributed by atoms with Crippen LogP contribution in [0.15, 0.2) is 245 Å². The van der Waals surface area contributed by atoms with Crippen LogP contribution < -0.4 is 10.6 Å². The summed E-state index contributed by atoms with van der Waals surface area (Å²) in [6.07, 6.45) is 5.38. The molecule has 15 aromatic rings. The van der Waals surface area contributed by atoms with Gasteiger partial charge in [0.15, 0.2) is 11.4 Å². The van der Waals surface area contributed by atoms with Crippen molar-refractivity contribution in [2.24, 2.45) is 0 Å². The first-order valence-corrected chi connectivity index (χ1v) is 26.0. The molecule has 0 saturated heterocycles. The molecule has 0 spiro atoms. The van der Waals surface area contributed by atoms with E-state index < -0.39 is 0 Å². The number of benzene rings is 10. The van der Waals surface area contributed by atoms with Crippen LogP contribution in [0.4, 0.5) is 0 Å². The van der Waals surface area contributed by atoms with E-state index in [2.05, 4.69) is 228 Å². The van der Waals surface area contributed by atoms with Gasteiger partial charge in [0.1, 0.15) is 27.8 Å². The third kappa shape index (κ3) is 6.60. The van der Waals surface area contributed by atoms with Gasteiger partial charge in [-0.2, -0.15) is 0 Å². The lowest BCUT2D eigenvalue weighted by Crippen LogP contribution is -2.25. The number of rotatable bonds is 7. The van der Waals surface area contributed by atoms with Crippen molar-refractivity contribution in [3.8, 4) is 56.3 Å². The molecule has 0 saturated carbocycles. The highest BCUT2D eigenvalue weighted by molar-refractivity contribution is 6.15. The van der Waals surface area contributed by atoms with Crippen molar-refractivity contribution in [2.45, 2.75) is 12.3 Å². The second kappa shape index (κ2) is 16.7. The van der Waals surface area contributed by atoms with Crippen molar-refractivity contribution in [3.63, 3.8) is 0 Å². The summed E-state index contributed by atoms with van der Waals surface area (Å²) in [4.78, 5) is 10.8. The fourth-order valence-corrected chi connectivity index (χ4v) is 12.1. The molecule has 0 fully saturated rings. The molecule has 0 aliphatic heterocycles. The highest BCUT2D eigenvalue weighted by Gasteiger charge is 2.24. The van der Waals surface area contributed by atoms with E-state index in [1.165, 1.54) is 49.3 Å². The molecule has 0 amide bonds. The molecule has 0 bridgehead atoms. The van der Waals surface area contributed by atoms with E-state index in [0.29, 0.717) is 11.4 Å². The Morgan fingerprint density at radius 3 is 1.59 bits per heavy atom. The first-order valence-electron chi connectivity index (χ1n) is 26.0. The lowest BCUT2D eigenvalue weighted by Gasteiger charge is -2.12. The van der Waals surface area contributed by atoms with Crippen molar-refractivity contribution in [3.05, 3.63) is 253 Å². The number of aromatic nitrogens is 4. The summed E-state index contributed by atoms with van der Waals surface area (Å²) in [6.45, 7) is 0. The van der Waals surface area contributed by atoms with Gasteiger partial charge in [0.2, 0.25) is 0 Å². The van der Waals surface area contributed by atoms with Gasteiger partial charge in [-0.3, -0.25) is 0 Å². The van der Waals surface area contributed by atoms with E-state index in [1.54, 1.807) is 0 Å². The molecule has 16 rings (SSSR count). The molecule has 5 aromatic heterocycles. The molecular weight excluding hydrogens is 929 g/mol. The largest absolute Gasteiger partial charge is 0.456 e. The lowest BCUT2D eigenvalue weighted by molar-refractivity contribution is 0.569. The summed E-state index contributed by atoms with van der Waals surface area (Å²) < 4.78 is 18.1. The van der Waals surface area contributed by atoms with Gasteiger partial charge in [-0.15, -0.1) is 0 Å². The van der Waals surface area contributed by atoms with E-state index in [-0.39, 0.29) is 5.92 Å². The van der Waals surface area contributed by atoms with E-state index >= 15 is 0 Å². The predicted molar refractivity (Wildman–Crippen MR) is 311 cm³/mol. The van der Waals surface area contributed by atoms with Gasteiger partial charge in [0.05, 0.1) is 22.1 Å². The SMILES string of the molecule is C1=c2oc3c(-c4ccccc4)nc(-c4cccc5oc6ccc(-c7ccc8c(c7)c7cc(-c9ccc%10c(c9)c9ccccc9n%10-c9ccccc9)ccc7n8-c7ccccc7)cc6c45)nc3c2=CC(c2ccccc2)C1. The third-order valence-electron chi connectivity index (χ3n) is 15.7. The third-order valence-corrected chi connectivity index (χ3v) is 15.7. The molecule has 76 heavy (non-hydrogen) atoms. The molecule has 0 N–H and O–H groups in total. The van der Waals surface area contributed by atoms with Crippen LogP contribution in [0.3, 0.4) is 0 Å². The molecule has 6 nitrogen and oxygen atoms in total. The molecule has 10 aromatic carbocycles. The average molecular weight is 973 g/mol. The number of fused-ring (bicyclic) bond motifs is 12. The quantitative estimate of drug-likeness (QED) is 0.160. The molecule has 5 heterocycles. The Bertz CT molecular complexity index is 4950. The van der Waals surface area contributed by atoms with Crippen LogP contribution in [0.5, 0.6) is 0 Å². The summed E-state index contributed by atoms with van der Waals surface area (Å²) in [5.41, 5.74) is 19.3. The van der Waals surface area contributed by atoms with Gasteiger partial charge in [-0.05, 0) is 125 Å². The summed E-state index contributed by atoms with van der Waals surface area (Å²) in [6, 6.07) is 84.6. The minimum absolute atomic E-state index is 0.208. The van der Waals surface area contributed by atoms with E-state index in [9.17, 15) is 0 Å². The highest BCUT2D eigenvalue weighted by Crippen LogP contribution is 2.42. The van der Waals surface area contributed by atoms with Gasteiger partial charge >= 0.3 is 0 Å². The van der Waals surface area contributed by atoms with Crippen LogP contribution in [0.1, 0.15) is 17.9 Å². The summed E-state index contributed by atoms with van der Waals surface area (Å²) in [5, 5.41) is 7.82. The van der Waals surface area contributed by atoms with Crippen LogP contribution in [0.25, 0.3) is 145 Å². The molecular formula is C70H44N4O2. The fraction of sp³-hybridized carbons (Fsp3) is 0.0286. The fourth-order valence-electron chi connectivity index (χ4n) is 12.1. The van der Waals surface area contributed by atoms with E-state index in [4.69, 9.17) is 18.8 Å². The Morgan fingerprint density at radius 2 is 0.947 bits per heavy atom. The average Bonchev–Trinajstić information content (AvgIpc) is 4.26. The zero-order valence-electron chi connectivity index (χ0n) is 41.1. The first kappa shape index (κ1) is 42.5. The van der Waals surface area contributed by atoms with Crippen molar-refractivity contribution in [1.29, 1.82) is 0 Å². The Labute approximate surface area is 436 Å². The molecule has 0 radical (unpaired) electrons. The topological polar surface area (TPSA) is 61.9 Å². The molecule has 1 unspecified atom stereocenters. The van der Waals surface area contributed by atoms with Crippen molar-refractivity contribution < 1.29 is 8.83 Å². The number of hydrogen-bond donors (Lipinski definition) is 0. The Kier molecular flexibility index (Phi) is 9.36. The van der Waals surface area contributed by atoms with E-state index in [1.807, 2.05) is 30.3 Å². The highest BCUT2D eigenvalue weighted by atomic mass is 16.3. The molecule has 1 atom stereocenters. The van der Waals surface area contributed by atoms with Crippen molar-refractivity contribution in [1.82, 2.24) is 19.1 Å². The van der Waals surface area contributed by atoms with Crippen molar-refractivity contribution in [2.75, 3.05) is 0 Å². The normalized spacial score (nSPS) is 13.6. The molecule has 1 aliphatic carbocycles. The first-order chi connectivity index (χ1) is 37.7. The minimum atomic E-state index is 0.208. The van der Waals surface area contributed by atoms with Crippen LogP contribution >= 0.6 is 0 Å². The Hall–Kier alpha value is -10.0. The Balaban J connectivity index is 0.860. The van der Waals surface area contributed by atoms with Gasteiger partial charge in [0.25, 0.3) is 0 Å². The molecule has 6 heteroatoms. The molecule has 356 valence electrons. The van der Waals surface area contributed by atoms with E-state index in [0.717, 1.165) is 94.9 Å². The van der Waals surface area contributed by atoms with Gasteiger partial charge in [0, 0.05) is 66.0 Å². The predicted octanol–water partition coefficient (Wildman–Crippen LogP) is 16.7. The minimum Gasteiger partial charge on any atom is -0.456 e. The summed E-state index contributed by atoms with van der Waals surface area (Å²) in [7, 11) is 0. The number of furan rings is 2. The van der Waals surface area contributed by atoms with Crippen LogP contribution in [-0.2, 0) is 0 Å². The Morgan fingerprint density at radius 1 is 0.408 bits per heavy atom. The lowest BCUT2D eigenvalue weighted by atomic mass is 9.92. The maximum absolute atomic E-state index is 6.68. The zero-order valence-corrected chi connectivity index (χ0v) is 41.1. The standard InChI is InChI=1S/C70H44N4O2/c1-5-16-43(17-6-1)45-31-37-64-58(42-45)68-69(76-64)67(44-18-7-2-8-19-44)71-70(72-68)53-25-15-27-65-66(53)57-41-49(32-36-63(57)75-65)48-30-35-62-56(40-48)55-39-47(29-34-61(55)74(62)51-22-11-4-12-23-51)46-28-33-60-54(38-46)52-24-13-14-26-59(52)73(60)50-20-9-3-10-21-50/h1-30,32-42,45H,31H2. The van der Waals surface area contributed by atoms with Gasteiger partial charge in [-0.1, -0.05) is 158 Å². The van der Waals surface area contributed by atoms with Crippen molar-refractivity contribution >= 4 is 88.8 Å². The zero-order chi connectivity index (χ0) is 49.8. The number of hydrogen-bond acceptors (Lipinski definition) is 4. The van der Waals surface area contributed by atoms with Gasteiger partial charge < -0.3 is 18.0 Å². The van der Waals surface area contributed by atoms with Gasteiger partial charge in [-0.25, -0.2) is 9.97 Å². The second-order valence-electron chi connectivity index (χ2n) is 20.0. The van der Waals surface area contributed by atoms with Crippen LogP contribution in [-0.4, -0.2) is 19.1 Å². The van der Waals surface area contributed by atoms with Crippen LogP contribution in [0, 0.1) is 0 Å². The number of para-hydroxylation sites is 3. The number of nitrogens with zero attached hydrogens (tertiary/aromatic N) is 4. The maximum atomic E-state index is 6.68. The monoisotopic (exact) mass is 972 g/mol. The van der Waals surface area contributed by atoms with Crippen LogP contribution in [0.2, 0.25) is 0 Å².